The van der Waals surface area contributed by atoms with E-state index in [1.54, 1.807) is 36.6 Å². The highest BCUT2D eigenvalue weighted by Crippen LogP contribution is 2.35. The highest BCUT2D eigenvalue weighted by atomic mass is 32.1. The van der Waals surface area contributed by atoms with Gasteiger partial charge < -0.3 is 15.4 Å². The Morgan fingerprint density at radius 3 is 2.95 bits per heavy atom. The predicted molar refractivity (Wildman–Crippen MR) is 84.7 cm³/mol. The summed E-state index contributed by atoms with van der Waals surface area (Å²) in [5.74, 6) is 0.670. The zero-order valence-electron chi connectivity index (χ0n) is 11.9. The van der Waals surface area contributed by atoms with Crippen LogP contribution in [0.15, 0.2) is 35.0 Å². The van der Waals surface area contributed by atoms with Crippen LogP contribution in [0.1, 0.15) is 34.8 Å². The van der Waals surface area contributed by atoms with Gasteiger partial charge in [0, 0.05) is 18.3 Å². The van der Waals surface area contributed by atoms with Crippen molar-refractivity contribution in [3.05, 3.63) is 46.2 Å². The third kappa shape index (κ3) is 2.61. The number of amides is 1. The summed E-state index contributed by atoms with van der Waals surface area (Å²) < 4.78 is 5.13. The molecule has 0 spiro atoms. The average Bonchev–Trinajstić information content (AvgIpc) is 3.16. The summed E-state index contributed by atoms with van der Waals surface area (Å²) >= 11 is 1.66. The van der Waals surface area contributed by atoms with Crippen LogP contribution in [0.4, 0.5) is 5.69 Å². The molecule has 1 saturated heterocycles. The quantitative estimate of drug-likeness (QED) is 0.885. The maximum absolute atomic E-state index is 12.8. The number of nitrogens with zero attached hydrogens (tertiary/aromatic N) is 1. The van der Waals surface area contributed by atoms with Crippen molar-refractivity contribution in [2.75, 3.05) is 19.4 Å². The first-order valence-corrected chi connectivity index (χ1v) is 7.91. The van der Waals surface area contributed by atoms with Gasteiger partial charge in [0.05, 0.1) is 18.7 Å². The third-order valence-corrected chi connectivity index (χ3v) is 4.63. The first kappa shape index (κ1) is 13.9. The monoisotopic (exact) mass is 302 g/mol. The van der Waals surface area contributed by atoms with Crippen LogP contribution < -0.4 is 10.5 Å². The van der Waals surface area contributed by atoms with E-state index in [0.29, 0.717) is 17.0 Å². The van der Waals surface area contributed by atoms with Gasteiger partial charge in [0.2, 0.25) is 0 Å². The molecule has 0 bridgehead atoms. The highest BCUT2D eigenvalue weighted by molar-refractivity contribution is 7.08. The summed E-state index contributed by atoms with van der Waals surface area (Å²) in [5, 5.41) is 4.17. The van der Waals surface area contributed by atoms with Crippen LogP contribution in [0.5, 0.6) is 5.75 Å². The zero-order valence-corrected chi connectivity index (χ0v) is 12.7. The Balaban J connectivity index is 1.87. The topological polar surface area (TPSA) is 55.6 Å². The van der Waals surface area contributed by atoms with Crippen molar-refractivity contribution in [3.63, 3.8) is 0 Å². The Bertz CT molecular complexity index is 640. The summed E-state index contributed by atoms with van der Waals surface area (Å²) in [4.78, 5) is 14.7. The minimum Gasteiger partial charge on any atom is -0.497 e. The summed E-state index contributed by atoms with van der Waals surface area (Å²) in [6.45, 7) is 0.783. The molecule has 1 fully saturated rings. The van der Waals surface area contributed by atoms with Gasteiger partial charge in [0.25, 0.3) is 5.91 Å². The van der Waals surface area contributed by atoms with Crippen molar-refractivity contribution in [1.29, 1.82) is 0 Å². The summed E-state index contributed by atoms with van der Waals surface area (Å²) in [6, 6.07) is 7.49. The second-order valence-corrected chi connectivity index (χ2v) is 5.95. The van der Waals surface area contributed by atoms with E-state index >= 15 is 0 Å². The highest BCUT2D eigenvalue weighted by Gasteiger charge is 2.31. The van der Waals surface area contributed by atoms with Gasteiger partial charge >= 0.3 is 0 Å². The fourth-order valence-corrected chi connectivity index (χ4v) is 3.55. The SMILES string of the molecule is COc1ccc(C(=O)N2CCCC2c2ccsc2)c(N)c1. The fraction of sp³-hybridized carbons (Fsp3) is 0.312. The van der Waals surface area contributed by atoms with E-state index in [9.17, 15) is 4.79 Å². The van der Waals surface area contributed by atoms with E-state index in [0.717, 1.165) is 19.4 Å². The summed E-state index contributed by atoms with van der Waals surface area (Å²) in [5.41, 5.74) is 8.25. The Hall–Kier alpha value is -2.01. The van der Waals surface area contributed by atoms with Gasteiger partial charge in [-0.15, -0.1) is 0 Å². The lowest BCUT2D eigenvalue weighted by molar-refractivity contribution is 0.0737. The molecule has 1 aromatic carbocycles. The molecule has 0 radical (unpaired) electrons. The fourth-order valence-electron chi connectivity index (χ4n) is 2.84. The molecule has 5 heteroatoms. The van der Waals surface area contributed by atoms with Crippen LogP contribution >= 0.6 is 11.3 Å². The van der Waals surface area contributed by atoms with Gasteiger partial charge in [-0.2, -0.15) is 11.3 Å². The first-order valence-electron chi connectivity index (χ1n) is 6.97. The van der Waals surface area contributed by atoms with E-state index in [-0.39, 0.29) is 11.9 Å². The molecule has 0 aliphatic carbocycles. The van der Waals surface area contributed by atoms with Gasteiger partial charge in [-0.1, -0.05) is 0 Å². The van der Waals surface area contributed by atoms with Crippen molar-refractivity contribution in [1.82, 2.24) is 4.90 Å². The molecule has 2 heterocycles. The van der Waals surface area contributed by atoms with Crippen molar-refractivity contribution >= 4 is 22.9 Å². The maximum Gasteiger partial charge on any atom is 0.256 e. The number of hydrogen-bond donors (Lipinski definition) is 1. The van der Waals surface area contributed by atoms with Gasteiger partial charge in [0.15, 0.2) is 0 Å². The number of nitrogen functional groups attached to an aromatic ring is 1. The minimum atomic E-state index is 0.00357. The third-order valence-electron chi connectivity index (χ3n) is 3.93. The Kier molecular flexibility index (Phi) is 3.84. The van der Waals surface area contributed by atoms with Gasteiger partial charge in [-0.25, -0.2) is 0 Å². The number of rotatable bonds is 3. The maximum atomic E-state index is 12.8. The minimum absolute atomic E-state index is 0.00357. The second kappa shape index (κ2) is 5.77. The second-order valence-electron chi connectivity index (χ2n) is 5.17. The standard InChI is InChI=1S/C16H18N2O2S/c1-20-12-4-5-13(14(17)9-12)16(19)18-7-2-3-15(18)11-6-8-21-10-11/h4-6,8-10,15H,2-3,7,17H2,1H3. The van der Waals surface area contributed by atoms with Crippen molar-refractivity contribution in [2.45, 2.75) is 18.9 Å². The van der Waals surface area contributed by atoms with Crippen LogP contribution in [0.3, 0.4) is 0 Å². The molecule has 0 saturated carbocycles. The smallest absolute Gasteiger partial charge is 0.256 e. The van der Waals surface area contributed by atoms with E-state index in [1.165, 1.54) is 5.56 Å². The van der Waals surface area contributed by atoms with Crippen molar-refractivity contribution < 1.29 is 9.53 Å². The molecule has 1 aliphatic rings. The van der Waals surface area contributed by atoms with Crippen LogP contribution in [0.2, 0.25) is 0 Å². The molecule has 110 valence electrons. The van der Waals surface area contributed by atoms with Gasteiger partial charge in [0.1, 0.15) is 5.75 Å². The molecule has 21 heavy (non-hydrogen) atoms. The number of thiophene rings is 1. The Morgan fingerprint density at radius 2 is 2.29 bits per heavy atom. The van der Waals surface area contributed by atoms with E-state index < -0.39 is 0 Å². The van der Waals surface area contributed by atoms with Crippen molar-refractivity contribution in [2.24, 2.45) is 0 Å². The number of carbonyl (C=O) groups is 1. The number of ether oxygens (including phenoxy) is 1. The lowest BCUT2D eigenvalue weighted by Crippen LogP contribution is -2.30. The Labute approximate surface area is 128 Å². The molecule has 3 rings (SSSR count). The molecule has 1 atom stereocenters. The zero-order chi connectivity index (χ0) is 14.8. The van der Waals surface area contributed by atoms with Gasteiger partial charge in [-0.05, 0) is 47.4 Å². The number of nitrogens with two attached hydrogens (primary N) is 1. The van der Waals surface area contributed by atoms with E-state index in [4.69, 9.17) is 10.5 Å². The lowest BCUT2D eigenvalue weighted by Gasteiger charge is -2.25. The molecule has 1 amide bonds. The largest absolute Gasteiger partial charge is 0.497 e. The first-order chi connectivity index (χ1) is 10.2. The average molecular weight is 302 g/mol. The molecule has 2 aromatic rings. The van der Waals surface area contributed by atoms with Crippen LogP contribution in [-0.2, 0) is 0 Å². The number of likely N-dealkylation sites (tertiary alicyclic amines) is 1. The molecule has 1 aromatic heterocycles. The number of anilines is 1. The van der Waals surface area contributed by atoms with Crippen LogP contribution in [-0.4, -0.2) is 24.5 Å². The molecule has 2 N–H and O–H groups in total. The van der Waals surface area contributed by atoms with Gasteiger partial charge in [-0.3, -0.25) is 4.79 Å². The number of methoxy groups -OCH3 is 1. The number of benzene rings is 1. The van der Waals surface area contributed by atoms with Crippen LogP contribution in [0, 0.1) is 0 Å². The number of hydrogen-bond acceptors (Lipinski definition) is 4. The molecule has 1 aliphatic heterocycles. The van der Waals surface area contributed by atoms with E-state index in [2.05, 4.69) is 16.8 Å². The normalized spacial score (nSPS) is 18.0. The van der Waals surface area contributed by atoms with Crippen molar-refractivity contribution in [3.8, 4) is 5.75 Å². The summed E-state index contributed by atoms with van der Waals surface area (Å²) in [7, 11) is 1.59. The van der Waals surface area contributed by atoms with E-state index in [1.807, 2.05) is 4.90 Å². The lowest BCUT2D eigenvalue weighted by atomic mass is 10.1. The predicted octanol–water partition coefficient (Wildman–Crippen LogP) is 3.32. The van der Waals surface area contributed by atoms with Crippen LogP contribution in [0.25, 0.3) is 0 Å². The molecule has 1 unspecified atom stereocenters. The molecular formula is C16H18N2O2S. The summed E-state index contributed by atoms with van der Waals surface area (Å²) in [6.07, 6.45) is 2.04. The number of carbonyl (C=O) groups excluding carboxylic acids is 1. The molecule has 4 nitrogen and oxygen atoms in total. The Morgan fingerprint density at radius 1 is 1.43 bits per heavy atom. The molecular weight excluding hydrogens is 284 g/mol.